The van der Waals surface area contributed by atoms with E-state index in [1.165, 1.54) is 7.11 Å². The maximum atomic E-state index is 12.3. The Hall–Kier alpha value is -3.48. The van der Waals surface area contributed by atoms with Gasteiger partial charge in [-0.3, -0.25) is 9.59 Å². The molecule has 0 aliphatic rings. The summed E-state index contributed by atoms with van der Waals surface area (Å²) in [6.07, 6.45) is 1.72. The minimum absolute atomic E-state index is 0.123. The summed E-state index contributed by atoms with van der Waals surface area (Å²) < 4.78 is 12.5. The fourth-order valence-electron chi connectivity index (χ4n) is 3.21. The summed E-state index contributed by atoms with van der Waals surface area (Å²) >= 11 is 0. The van der Waals surface area contributed by atoms with Crippen LogP contribution in [0.5, 0.6) is 11.5 Å². The normalized spacial score (nSPS) is 11.7. The van der Waals surface area contributed by atoms with Crippen molar-refractivity contribution >= 4 is 28.4 Å². The Morgan fingerprint density at radius 3 is 2.59 bits per heavy atom. The number of benzene rings is 2. The summed E-state index contributed by atoms with van der Waals surface area (Å²) in [5.41, 5.74) is 1.59. The van der Waals surface area contributed by atoms with Crippen molar-refractivity contribution in [2.75, 3.05) is 19.5 Å². The first-order chi connectivity index (χ1) is 14.0. The lowest BCUT2D eigenvalue weighted by molar-refractivity contribution is -0.127. The van der Waals surface area contributed by atoms with Crippen LogP contribution in [0.15, 0.2) is 54.7 Å². The van der Waals surface area contributed by atoms with Crippen molar-refractivity contribution < 1.29 is 19.1 Å². The predicted molar refractivity (Wildman–Crippen MR) is 112 cm³/mol. The lowest BCUT2D eigenvalue weighted by Gasteiger charge is -2.16. The molecule has 0 saturated heterocycles. The van der Waals surface area contributed by atoms with E-state index in [0.717, 1.165) is 10.9 Å². The molecule has 152 valence electrons. The Balaban J connectivity index is 1.54. The van der Waals surface area contributed by atoms with Crippen LogP contribution in [0.2, 0.25) is 0 Å². The van der Waals surface area contributed by atoms with Crippen LogP contribution in [-0.2, 0) is 16.1 Å². The van der Waals surface area contributed by atoms with Crippen molar-refractivity contribution in [2.45, 2.75) is 25.9 Å². The molecular formula is C22H25N3O4. The van der Waals surface area contributed by atoms with Crippen LogP contribution in [0, 0.1) is 0 Å². The number of ether oxygens (including phenoxy) is 2. The summed E-state index contributed by atoms with van der Waals surface area (Å²) in [6.45, 7) is 2.53. The third-order valence-corrected chi connectivity index (χ3v) is 4.56. The highest BCUT2D eigenvalue weighted by Gasteiger charge is 2.15. The van der Waals surface area contributed by atoms with Crippen LogP contribution in [0.4, 0.5) is 5.69 Å². The Bertz CT molecular complexity index is 1010. The molecule has 2 N–H and O–H groups in total. The predicted octanol–water partition coefficient (Wildman–Crippen LogP) is 3.19. The smallest absolute Gasteiger partial charge is 0.233 e. The largest absolute Gasteiger partial charge is 0.497 e. The Labute approximate surface area is 169 Å². The van der Waals surface area contributed by atoms with E-state index in [2.05, 4.69) is 15.2 Å². The number of rotatable bonds is 8. The molecule has 0 saturated carbocycles. The zero-order valence-corrected chi connectivity index (χ0v) is 16.8. The quantitative estimate of drug-likeness (QED) is 0.574. The number of hydrogen-bond acceptors (Lipinski definition) is 4. The van der Waals surface area contributed by atoms with Gasteiger partial charge in [0.25, 0.3) is 0 Å². The molecule has 29 heavy (non-hydrogen) atoms. The van der Waals surface area contributed by atoms with Crippen molar-refractivity contribution in [1.82, 2.24) is 9.88 Å². The van der Waals surface area contributed by atoms with Crippen molar-refractivity contribution in [3.8, 4) is 11.5 Å². The number of amides is 2. The molecule has 3 aromatic rings. The number of carbonyl (C=O) groups is 2. The molecule has 7 nitrogen and oxygen atoms in total. The van der Waals surface area contributed by atoms with Gasteiger partial charge in [0.1, 0.15) is 17.9 Å². The maximum Gasteiger partial charge on any atom is 0.233 e. The third kappa shape index (κ3) is 5.07. The van der Waals surface area contributed by atoms with Gasteiger partial charge in [0.05, 0.1) is 19.9 Å². The molecule has 7 heteroatoms. The average molecular weight is 395 g/mol. The number of nitrogens with zero attached hydrogens (tertiary/aromatic N) is 1. The van der Waals surface area contributed by atoms with Crippen molar-refractivity contribution in [3.05, 3.63) is 54.7 Å². The zero-order valence-electron chi connectivity index (χ0n) is 16.8. The molecule has 0 aliphatic carbocycles. The minimum Gasteiger partial charge on any atom is -0.497 e. The molecule has 1 aromatic heterocycles. The second-order valence-corrected chi connectivity index (χ2v) is 6.79. The number of fused-ring (bicyclic) bond motifs is 1. The molecule has 3 rings (SSSR count). The van der Waals surface area contributed by atoms with Crippen molar-refractivity contribution in [3.63, 3.8) is 0 Å². The molecule has 1 atom stereocenters. The Morgan fingerprint density at radius 2 is 1.83 bits per heavy atom. The van der Waals surface area contributed by atoms with E-state index in [4.69, 9.17) is 9.47 Å². The lowest BCUT2D eigenvalue weighted by atomic mass is 10.2. The first kappa shape index (κ1) is 20.3. The molecule has 2 amide bonds. The minimum atomic E-state index is -0.412. The van der Waals surface area contributed by atoms with E-state index in [-0.39, 0.29) is 18.4 Å². The number of aromatic nitrogens is 1. The van der Waals surface area contributed by atoms with Gasteiger partial charge in [0.2, 0.25) is 11.8 Å². The van der Waals surface area contributed by atoms with Crippen LogP contribution in [0.25, 0.3) is 10.9 Å². The molecular weight excluding hydrogens is 370 g/mol. The average Bonchev–Trinajstić information content (AvgIpc) is 3.10. The number of nitrogens with one attached hydrogen (secondary N) is 2. The summed E-state index contributed by atoms with van der Waals surface area (Å²) in [4.78, 5) is 24.5. The van der Waals surface area contributed by atoms with Gasteiger partial charge in [-0.25, -0.2) is 0 Å². The number of carbonyl (C=O) groups excluding carboxylic acids is 2. The van der Waals surface area contributed by atoms with E-state index in [1.807, 2.05) is 43.5 Å². The van der Waals surface area contributed by atoms with Gasteiger partial charge in [-0.1, -0.05) is 18.2 Å². The molecule has 0 spiro atoms. The Morgan fingerprint density at radius 1 is 1.03 bits per heavy atom. The monoisotopic (exact) mass is 395 g/mol. The summed E-state index contributed by atoms with van der Waals surface area (Å²) in [5.74, 6) is 0.332. The fourth-order valence-corrected chi connectivity index (χ4v) is 3.21. The highest BCUT2D eigenvalue weighted by atomic mass is 16.5. The molecule has 1 heterocycles. The highest BCUT2D eigenvalue weighted by Crippen LogP contribution is 2.29. The first-order valence-electron chi connectivity index (χ1n) is 9.35. The SMILES string of the molecule is COc1ccc(NC(=O)CC(=O)NC(C)Cn2ccc3ccccc32)c(OC)c1. The summed E-state index contributed by atoms with van der Waals surface area (Å²) in [6, 6.07) is 15.0. The van der Waals surface area contributed by atoms with Crippen LogP contribution >= 0.6 is 0 Å². The van der Waals surface area contributed by atoms with Gasteiger partial charge in [0, 0.05) is 30.4 Å². The van der Waals surface area contributed by atoms with Gasteiger partial charge in [-0.15, -0.1) is 0 Å². The lowest BCUT2D eigenvalue weighted by Crippen LogP contribution is -2.37. The van der Waals surface area contributed by atoms with Crippen molar-refractivity contribution in [1.29, 1.82) is 0 Å². The molecule has 0 bridgehead atoms. The fraction of sp³-hybridized carbons (Fsp3) is 0.273. The molecule has 0 radical (unpaired) electrons. The molecule has 1 unspecified atom stereocenters. The van der Waals surface area contributed by atoms with Crippen LogP contribution < -0.4 is 20.1 Å². The van der Waals surface area contributed by atoms with E-state index in [9.17, 15) is 9.59 Å². The number of anilines is 1. The maximum absolute atomic E-state index is 12.3. The van der Waals surface area contributed by atoms with Gasteiger partial charge in [0.15, 0.2) is 0 Å². The standard InChI is InChI=1S/C22H25N3O4/c1-15(14-25-11-10-16-6-4-5-7-19(16)25)23-21(26)13-22(27)24-18-9-8-17(28-2)12-20(18)29-3/h4-12,15H,13-14H2,1-3H3,(H,23,26)(H,24,27). The van der Waals surface area contributed by atoms with Gasteiger partial charge in [-0.2, -0.15) is 0 Å². The third-order valence-electron chi connectivity index (χ3n) is 4.56. The van der Waals surface area contributed by atoms with Gasteiger partial charge in [-0.05, 0) is 36.6 Å². The zero-order chi connectivity index (χ0) is 20.8. The number of para-hydroxylation sites is 1. The van der Waals surface area contributed by atoms with Crippen LogP contribution in [-0.4, -0.2) is 36.6 Å². The van der Waals surface area contributed by atoms with Crippen LogP contribution in [0.1, 0.15) is 13.3 Å². The Kier molecular flexibility index (Phi) is 6.39. The summed E-state index contributed by atoms with van der Waals surface area (Å²) in [7, 11) is 3.05. The van der Waals surface area contributed by atoms with E-state index < -0.39 is 5.91 Å². The molecule has 2 aromatic carbocycles. The molecule has 0 aliphatic heterocycles. The van der Waals surface area contributed by atoms with E-state index in [0.29, 0.717) is 23.7 Å². The number of methoxy groups -OCH3 is 2. The second kappa shape index (κ2) is 9.14. The van der Waals surface area contributed by atoms with E-state index >= 15 is 0 Å². The van der Waals surface area contributed by atoms with E-state index in [1.54, 1.807) is 25.3 Å². The van der Waals surface area contributed by atoms with Crippen LogP contribution in [0.3, 0.4) is 0 Å². The second-order valence-electron chi connectivity index (χ2n) is 6.79. The topological polar surface area (TPSA) is 81.6 Å². The van der Waals surface area contributed by atoms with Crippen molar-refractivity contribution in [2.24, 2.45) is 0 Å². The van der Waals surface area contributed by atoms with Gasteiger partial charge < -0.3 is 24.7 Å². The number of hydrogen-bond donors (Lipinski definition) is 2. The first-order valence-corrected chi connectivity index (χ1v) is 9.35. The molecule has 0 fully saturated rings. The van der Waals surface area contributed by atoms with Gasteiger partial charge >= 0.3 is 0 Å². The highest BCUT2D eigenvalue weighted by molar-refractivity contribution is 6.04. The summed E-state index contributed by atoms with van der Waals surface area (Å²) in [5, 5.41) is 6.73.